The van der Waals surface area contributed by atoms with E-state index in [-0.39, 0.29) is 18.7 Å². The van der Waals surface area contributed by atoms with Crippen LogP contribution in [0.1, 0.15) is 20.8 Å². The Morgan fingerprint density at radius 2 is 2.07 bits per heavy atom. The zero-order chi connectivity index (χ0) is 12.1. The number of hydrogen-bond acceptors (Lipinski definition) is 5. The molecule has 15 heavy (non-hydrogen) atoms. The second kappa shape index (κ2) is 13.4. The van der Waals surface area contributed by atoms with Crippen molar-refractivity contribution in [2.75, 3.05) is 33.5 Å². The van der Waals surface area contributed by atoms with Crippen molar-refractivity contribution < 1.29 is 24.1 Å². The van der Waals surface area contributed by atoms with E-state index in [0.717, 1.165) is 0 Å². The molecule has 0 aliphatic rings. The van der Waals surface area contributed by atoms with Crippen molar-refractivity contribution in [1.82, 2.24) is 0 Å². The first-order chi connectivity index (χ1) is 7.08. The standard InChI is InChI=1S/C6H12O3.C4H10O2/c1-5(4-8-3)9-6(2)7;1-2-6-4-3-5/h5H,4H2,1-3H3;5H,2-4H2,1H3. The van der Waals surface area contributed by atoms with Crippen LogP contribution in [0.3, 0.4) is 0 Å². The topological polar surface area (TPSA) is 65.0 Å². The Hall–Kier alpha value is -0.650. The summed E-state index contributed by atoms with van der Waals surface area (Å²) in [5.41, 5.74) is 0. The van der Waals surface area contributed by atoms with E-state index in [1.165, 1.54) is 6.92 Å². The average Bonchev–Trinajstić information content (AvgIpc) is 2.15. The second-order valence-electron chi connectivity index (χ2n) is 2.80. The van der Waals surface area contributed by atoms with Gasteiger partial charge in [0.25, 0.3) is 0 Å². The zero-order valence-electron chi connectivity index (χ0n) is 9.99. The van der Waals surface area contributed by atoms with Crippen LogP contribution in [0.2, 0.25) is 0 Å². The summed E-state index contributed by atoms with van der Waals surface area (Å²) >= 11 is 0. The third-order valence-electron chi connectivity index (χ3n) is 1.21. The lowest BCUT2D eigenvalue weighted by Crippen LogP contribution is -2.17. The number of rotatable bonds is 6. The fourth-order valence-corrected chi connectivity index (χ4v) is 0.761. The molecule has 92 valence electrons. The number of carbonyl (C=O) groups excluding carboxylic acids is 1. The molecule has 0 aromatic carbocycles. The van der Waals surface area contributed by atoms with Crippen molar-refractivity contribution >= 4 is 5.97 Å². The van der Waals surface area contributed by atoms with E-state index in [2.05, 4.69) is 0 Å². The van der Waals surface area contributed by atoms with Crippen LogP contribution in [0, 0.1) is 0 Å². The summed E-state index contributed by atoms with van der Waals surface area (Å²) in [6.07, 6.45) is -0.132. The van der Waals surface area contributed by atoms with Crippen LogP contribution in [0.15, 0.2) is 0 Å². The summed E-state index contributed by atoms with van der Waals surface area (Å²) in [7, 11) is 1.57. The molecule has 5 heteroatoms. The van der Waals surface area contributed by atoms with Gasteiger partial charge in [-0.2, -0.15) is 0 Å². The number of esters is 1. The zero-order valence-corrected chi connectivity index (χ0v) is 9.99. The number of carbonyl (C=O) groups is 1. The molecular formula is C10H22O5. The van der Waals surface area contributed by atoms with Crippen molar-refractivity contribution in [2.45, 2.75) is 26.9 Å². The summed E-state index contributed by atoms with van der Waals surface area (Å²) < 4.78 is 14.2. The highest BCUT2D eigenvalue weighted by molar-refractivity contribution is 5.66. The Kier molecular flexibility index (Phi) is 14.9. The molecule has 0 aliphatic heterocycles. The van der Waals surface area contributed by atoms with E-state index < -0.39 is 0 Å². The maximum absolute atomic E-state index is 10.3. The number of aliphatic hydroxyl groups excluding tert-OH is 1. The van der Waals surface area contributed by atoms with Gasteiger partial charge < -0.3 is 19.3 Å². The molecule has 1 atom stereocenters. The highest BCUT2D eigenvalue weighted by atomic mass is 16.6. The molecule has 0 aliphatic carbocycles. The first kappa shape index (κ1) is 16.8. The Morgan fingerprint density at radius 3 is 2.33 bits per heavy atom. The first-order valence-electron chi connectivity index (χ1n) is 4.93. The lowest BCUT2D eigenvalue weighted by Gasteiger charge is -2.08. The summed E-state index contributed by atoms with van der Waals surface area (Å²) in [6.45, 7) is 6.82. The summed E-state index contributed by atoms with van der Waals surface area (Å²) in [5.74, 6) is -0.264. The van der Waals surface area contributed by atoms with Gasteiger partial charge in [0.15, 0.2) is 0 Å². The van der Waals surface area contributed by atoms with Crippen molar-refractivity contribution in [3.8, 4) is 0 Å². The third kappa shape index (κ3) is 19.7. The van der Waals surface area contributed by atoms with Gasteiger partial charge in [0.1, 0.15) is 6.10 Å². The molecule has 0 aromatic heterocycles. The van der Waals surface area contributed by atoms with E-state index in [1.54, 1.807) is 14.0 Å². The molecule has 1 N–H and O–H groups in total. The average molecular weight is 222 g/mol. The number of aliphatic hydroxyl groups is 1. The fourth-order valence-electron chi connectivity index (χ4n) is 0.761. The molecule has 0 aromatic rings. The van der Waals surface area contributed by atoms with Crippen LogP contribution in [0.25, 0.3) is 0 Å². The minimum absolute atomic E-state index is 0.132. The molecule has 0 bridgehead atoms. The van der Waals surface area contributed by atoms with Crippen LogP contribution >= 0.6 is 0 Å². The van der Waals surface area contributed by atoms with E-state index in [9.17, 15) is 4.79 Å². The van der Waals surface area contributed by atoms with Gasteiger partial charge in [-0.25, -0.2) is 0 Å². The molecular weight excluding hydrogens is 200 g/mol. The summed E-state index contributed by atoms with van der Waals surface area (Å²) in [6, 6.07) is 0. The van der Waals surface area contributed by atoms with Gasteiger partial charge >= 0.3 is 5.97 Å². The summed E-state index contributed by atoms with van der Waals surface area (Å²) in [4.78, 5) is 10.3. The van der Waals surface area contributed by atoms with Gasteiger partial charge in [0, 0.05) is 20.6 Å². The third-order valence-corrected chi connectivity index (χ3v) is 1.21. The number of ether oxygens (including phenoxy) is 3. The number of methoxy groups -OCH3 is 1. The van der Waals surface area contributed by atoms with Crippen molar-refractivity contribution in [3.63, 3.8) is 0 Å². The minimum Gasteiger partial charge on any atom is -0.460 e. The van der Waals surface area contributed by atoms with Gasteiger partial charge in [-0.15, -0.1) is 0 Å². The van der Waals surface area contributed by atoms with Crippen molar-refractivity contribution in [2.24, 2.45) is 0 Å². The monoisotopic (exact) mass is 222 g/mol. The maximum Gasteiger partial charge on any atom is 0.302 e. The lowest BCUT2D eigenvalue weighted by molar-refractivity contribution is -0.147. The molecule has 1 unspecified atom stereocenters. The quantitative estimate of drug-likeness (QED) is 0.526. The summed E-state index contributed by atoms with van der Waals surface area (Å²) in [5, 5.41) is 8.07. The molecule has 0 fully saturated rings. The molecule has 0 heterocycles. The van der Waals surface area contributed by atoms with Gasteiger partial charge in [-0.1, -0.05) is 0 Å². The maximum atomic E-state index is 10.3. The van der Waals surface area contributed by atoms with E-state index in [0.29, 0.717) is 19.8 Å². The highest BCUT2D eigenvalue weighted by Gasteiger charge is 2.02. The first-order valence-corrected chi connectivity index (χ1v) is 4.93. The minimum atomic E-state index is -0.264. The van der Waals surface area contributed by atoms with Crippen LogP contribution in [-0.4, -0.2) is 50.7 Å². The molecule has 0 saturated heterocycles. The Morgan fingerprint density at radius 1 is 1.47 bits per heavy atom. The number of hydrogen-bond donors (Lipinski definition) is 1. The molecule has 5 nitrogen and oxygen atoms in total. The normalized spacial score (nSPS) is 11.3. The SMILES string of the molecule is CCOCCO.COCC(C)OC(C)=O. The lowest BCUT2D eigenvalue weighted by atomic mass is 10.4. The smallest absolute Gasteiger partial charge is 0.302 e. The predicted molar refractivity (Wildman–Crippen MR) is 56.7 cm³/mol. The molecule has 0 amide bonds. The molecule has 0 saturated carbocycles. The molecule has 0 spiro atoms. The van der Waals surface area contributed by atoms with Crippen LogP contribution in [0.5, 0.6) is 0 Å². The van der Waals surface area contributed by atoms with Crippen molar-refractivity contribution in [1.29, 1.82) is 0 Å². The van der Waals surface area contributed by atoms with Crippen LogP contribution in [-0.2, 0) is 19.0 Å². The van der Waals surface area contributed by atoms with Crippen LogP contribution < -0.4 is 0 Å². The Balaban J connectivity index is 0. The van der Waals surface area contributed by atoms with Gasteiger partial charge in [0.05, 0.1) is 19.8 Å². The van der Waals surface area contributed by atoms with Crippen LogP contribution in [0.4, 0.5) is 0 Å². The largest absolute Gasteiger partial charge is 0.460 e. The molecule has 0 radical (unpaired) electrons. The van der Waals surface area contributed by atoms with E-state index >= 15 is 0 Å². The van der Waals surface area contributed by atoms with Crippen molar-refractivity contribution in [3.05, 3.63) is 0 Å². The van der Waals surface area contributed by atoms with Gasteiger partial charge in [-0.3, -0.25) is 4.79 Å². The predicted octanol–water partition coefficient (Wildman–Crippen LogP) is 0.600. The Labute approximate surface area is 91.3 Å². The highest BCUT2D eigenvalue weighted by Crippen LogP contribution is 1.90. The van der Waals surface area contributed by atoms with Gasteiger partial charge in [-0.05, 0) is 13.8 Å². The second-order valence-corrected chi connectivity index (χ2v) is 2.80. The Bertz CT molecular complexity index is 134. The van der Waals surface area contributed by atoms with E-state index in [1.807, 2.05) is 6.92 Å². The van der Waals surface area contributed by atoms with Gasteiger partial charge in [0.2, 0.25) is 0 Å². The molecule has 0 rings (SSSR count). The van der Waals surface area contributed by atoms with E-state index in [4.69, 9.17) is 19.3 Å². The fraction of sp³-hybridized carbons (Fsp3) is 0.900.